The first-order valence-electron chi connectivity index (χ1n) is 7.12. The molecule has 0 unspecified atom stereocenters. The van der Waals surface area contributed by atoms with Gasteiger partial charge in [-0.25, -0.2) is 8.78 Å². The van der Waals surface area contributed by atoms with E-state index in [4.69, 9.17) is 21.1 Å². The summed E-state index contributed by atoms with van der Waals surface area (Å²) in [5.74, 6) is -1.96. The van der Waals surface area contributed by atoms with Gasteiger partial charge in [0.05, 0.1) is 18.2 Å². The van der Waals surface area contributed by atoms with Crippen LogP contribution in [-0.2, 0) is 0 Å². The van der Waals surface area contributed by atoms with Gasteiger partial charge in [0.25, 0.3) is 5.91 Å². The van der Waals surface area contributed by atoms with Gasteiger partial charge in [0.15, 0.2) is 23.1 Å². The lowest BCUT2D eigenvalue weighted by atomic mass is 10.1. The van der Waals surface area contributed by atoms with Crippen LogP contribution < -0.4 is 14.8 Å². The monoisotopic (exact) mass is 355 g/mol. The third-order valence-corrected chi connectivity index (χ3v) is 3.30. The number of rotatable bonds is 5. The first-order valence-corrected chi connectivity index (χ1v) is 7.50. The van der Waals surface area contributed by atoms with Crippen molar-refractivity contribution in [3.05, 3.63) is 52.6 Å². The Bertz CT molecular complexity index is 766. The predicted octanol–water partition coefficient (Wildman–Crippen LogP) is 4.67. The van der Waals surface area contributed by atoms with E-state index in [-0.39, 0.29) is 22.4 Å². The van der Waals surface area contributed by atoms with E-state index >= 15 is 0 Å². The number of carbonyl (C=O) groups is 1. The molecular weight excluding hydrogens is 340 g/mol. The second kappa shape index (κ2) is 7.49. The zero-order valence-electron chi connectivity index (χ0n) is 13.3. The highest BCUT2D eigenvalue weighted by Gasteiger charge is 2.17. The molecule has 0 saturated heterocycles. The van der Waals surface area contributed by atoms with Crippen LogP contribution in [0.4, 0.5) is 14.5 Å². The fourth-order valence-electron chi connectivity index (χ4n) is 1.98. The standard InChI is InChI=1S/C17H16ClF2NO3/c1-9(2)24-16-12(18)6-10(7-15(16)23-3)17(22)21-11-4-5-13(19)14(20)8-11/h4-9H,1-3H3,(H,21,22). The summed E-state index contributed by atoms with van der Waals surface area (Å²) in [6.45, 7) is 3.67. The van der Waals surface area contributed by atoms with Crippen molar-refractivity contribution >= 4 is 23.2 Å². The molecule has 0 aliphatic rings. The van der Waals surface area contributed by atoms with Crippen LogP contribution in [-0.4, -0.2) is 19.1 Å². The van der Waals surface area contributed by atoms with Crippen molar-refractivity contribution < 1.29 is 23.0 Å². The Balaban J connectivity index is 2.29. The highest BCUT2D eigenvalue weighted by atomic mass is 35.5. The first-order chi connectivity index (χ1) is 11.3. The molecule has 0 aliphatic carbocycles. The number of benzene rings is 2. The van der Waals surface area contributed by atoms with Crippen LogP contribution in [0.1, 0.15) is 24.2 Å². The number of carbonyl (C=O) groups excluding carboxylic acids is 1. The van der Waals surface area contributed by atoms with E-state index < -0.39 is 17.5 Å². The second-order valence-electron chi connectivity index (χ2n) is 5.24. The number of hydrogen-bond acceptors (Lipinski definition) is 3. The normalized spacial score (nSPS) is 10.6. The van der Waals surface area contributed by atoms with E-state index in [0.29, 0.717) is 11.5 Å². The third kappa shape index (κ3) is 4.14. The lowest BCUT2D eigenvalue weighted by Crippen LogP contribution is -2.13. The molecule has 0 bridgehead atoms. The van der Waals surface area contributed by atoms with Gasteiger partial charge >= 0.3 is 0 Å². The van der Waals surface area contributed by atoms with Crippen LogP contribution in [0.25, 0.3) is 0 Å². The maximum Gasteiger partial charge on any atom is 0.255 e. The zero-order valence-corrected chi connectivity index (χ0v) is 14.1. The van der Waals surface area contributed by atoms with Gasteiger partial charge in [-0.2, -0.15) is 0 Å². The van der Waals surface area contributed by atoms with Gasteiger partial charge in [-0.05, 0) is 38.1 Å². The molecule has 7 heteroatoms. The lowest BCUT2D eigenvalue weighted by Gasteiger charge is -2.16. The number of hydrogen-bond donors (Lipinski definition) is 1. The predicted molar refractivity (Wildman–Crippen MR) is 88.1 cm³/mol. The van der Waals surface area contributed by atoms with Crippen LogP contribution in [0.3, 0.4) is 0 Å². The summed E-state index contributed by atoms with van der Waals surface area (Å²) < 4.78 is 36.9. The summed E-state index contributed by atoms with van der Waals surface area (Å²) in [5.41, 5.74) is 0.314. The Kier molecular flexibility index (Phi) is 5.62. The van der Waals surface area contributed by atoms with Gasteiger partial charge in [0.1, 0.15) is 0 Å². The molecule has 1 N–H and O–H groups in total. The van der Waals surface area contributed by atoms with Crippen LogP contribution in [0.2, 0.25) is 5.02 Å². The van der Waals surface area contributed by atoms with Crippen molar-refractivity contribution in [3.63, 3.8) is 0 Å². The summed E-state index contributed by atoms with van der Waals surface area (Å²) in [6, 6.07) is 5.95. The van der Waals surface area contributed by atoms with E-state index in [1.807, 2.05) is 13.8 Å². The Morgan fingerprint density at radius 2 is 1.88 bits per heavy atom. The van der Waals surface area contributed by atoms with Crippen molar-refractivity contribution in [1.82, 2.24) is 0 Å². The molecular formula is C17H16ClF2NO3. The second-order valence-corrected chi connectivity index (χ2v) is 5.65. The van der Waals surface area contributed by atoms with Gasteiger partial charge in [-0.3, -0.25) is 4.79 Å². The van der Waals surface area contributed by atoms with Crippen LogP contribution in [0.15, 0.2) is 30.3 Å². The number of anilines is 1. The Morgan fingerprint density at radius 1 is 1.17 bits per heavy atom. The maximum atomic E-state index is 13.2. The molecule has 2 aromatic rings. The summed E-state index contributed by atoms with van der Waals surface area (Å²) in [5, 5.41) is 2.67. The van der Waals surface area contributed by atoms with E-state index in [2.05, 4.69) is 5.32 Å². The van der Waals surface area contributed by atoms with Crippen molar-refractivity contribution in [1.29, 1.82) is 0 Å². The molecule has 24 heavy (non-hydrogen) atoms. The highest BCUT2D eigenvalue weighted by Crippen LogP contribution is 2.37. The molecule has 2 rings (SSSR count). The average Bonchev–Trinajstić information content (AvgIpc) is 2.52. The molecule has 0 radical (unpaired) electrons. The molecule has 1 amide bonds. The molecule has 0 heterocycles. The summed E-state index contributed by atoms with van der Waals surface area (Å²) in [7, 11) is 1.43. The lowest BCUT2D eigenvalue weighted by molar-refractivity contribution is 0.102. The Morgan fingerprint density at radius 3 is 2.46 bits per heavy atom. The molecule has 0 fully saturated rings. The Labute approximate surface area is 143 Å². The van der Waals surface area contributed by atoms with E-state index in [1.54, 1.807) is 0 Å². The van der Waals surface area contributed by atoms with E-state index in [1.165, 1.54) is 25.3 Å². The minimum atomic E-state index is -1.05. The zero-order chi connectivity index (χ0) is 17.9. The molecule has 2 aromatic carbocycles. The molecule has 0 atom stereocenters. The minimum Gasteiger partial charge on any atom is -0.493 e. The molecule has 0 aromatic heterocycles. The topological polar surface area (TPSA) is 47.6 Å². The summed E-state index contributed by atoms with van der Waals surface area (Å²) in [6.07, 6.45) is -0.127. The number of amides is 1. The van der Waals surface area contributed by atoms with Gasteiger partial charge in [0.2, 0.25) is 0 Å². The molecule has 0 saturated carbocycles. The largest absolute Gasteiger partial charge is 0.493 e. The van der Waals surface area contributed by atoms with Crippen LogP contribution in [0.5, 0.6) is 11.5 Å². The van der Waals surface area contributed by atoms with Gasteiger partial charge < -0.3 is 14.8 Å². The number of ether oxygens (including phenoxy) is 2. The van der Waals surface area contributed by atoms with E-state index in [9.17, 15) is 13.6 Å². The van der Waals surface area contributed by atoms with Crippen molar-refractivity contribution in [3.8, 4) is 11.5 Å². The quantitative estimate of drug-likeness (QED) is 0.848. The summed E-state index contributed by atoms with van der Waals surface area (Å²) in [4.78, 5) is 12.3. The number of nitrogens with one attached hydrogen (secondary N) is 1. The van der Waals surface area contributed by atoms with Crippen molar-refractivity contribution in [2.45, 2.75) is 20.0 Å². The van der Waals surface area contributed by atoms with E-state index in [0.717, 1.165) is 12.1 Å². The smallest absolute Gasteiger partial charge is 0.255 e. The van der Waals surface area contributed by atoms with Crippen molar-refractivity contribution in [2.24, 2.45) is 0 Å². The Hall–Kier alpha value is -2.34. The van der Waals surface area contributed by atoms with Crippen LogP contribution >= 0.6 is 11.6 Å². The highest BCUT2D eigenvalue weighted by molar-refractivity contribution is 6.32. The fraction of sp³-hybridized carbons (Fsp3) is 0.235. The SMILES string of the molecule is COc1cc(C(=O)Nc2ccc(F)c(F)c2)cc(Cl)c1OC(C)C. The summed E-state index contributed by atoms with van der Waals surface area (Å²) >= 11 is 6.16. The molecule has 0 aliphatic heterocycles. The first kappa shape index (κ1) is 18.0. The van der Waals surface area contributed by atoms with Gasteiger partial charge in [-0.15, -0.1) is 0 Å². The number of methoxy groups -OCH3 is 1. The van der Waals surface area contributed by atoms with Crippen molar-refractivity contribution in [2.75, 3.05) is 12.4 Å². The van der Waals surface area contributed by atoms with Crippen LogP contribution in [0, 0.1) is 11.6 Å². The molecule has 4 nitrogen and oxygen atoms in total. The number of halogens is 3. The minimum absolute atomic E-state index is 0.122. The maximum absolute atomic E-state index is 13.2. The fourth-order valence-corrected chi connectivity index (χ4v) is 2.23. The molecule has 0 spiro atoms. The van der Waals surface area contributed by atoms with Gasteiger partial charge in [0, 0.05) is 17.3 Å². The average molecular weight is 356 g/mol. The molecule has 128 valence electrons. The third-order valence-electron chi connectivity index (χ3n) is 3.02. The van der Waals surface area contributed by atoms with Gasteiger partial charge in [-0.1, -0.05) is 11.6 Å².